The summed E-state index contributed by atoms with van der Waals surface area (Å²) >= 11 is 0. The van der Waals surface area contributed by atoms with Crippen molar-refractivity contribution in [3.63, 3.8) is 0 Å². The van der Waals surface area contributed by atoms with Crippen LogP contribution in [0, 0.1) is 5.41 Å². The summed E-state index contributed by atoms with van der Waals surface area (Å²) in [5.41, 5.74) is -1.72. The van der Waals surface area contributed by atoms with Crippen molar-refractivity contribution in [2.24, 2.45) is 5.41 Å². The van der Waals surface area contributed by atoms with Crippen LogP contribution in [-0.4, -0.2) is 26.7 Å². The molecule has 126 valence electrons. The first kappa shape index (κ1) is 18.9. The standard InChI is InChI=1S/C14H20F3NO3S/c1-13(2,7-8-19)10-18-22(20,21)9-11-5-3-4-6-12(11)14(15,16)17/h3-6,18-19H,7-10H2,1-2H3. The molecule has 0 bridgehead atoms. The molecule has 0 aromatic heterocycles. The SMILES string of the molecule is CC(C)(CCO)CNS(=O)(=O)Cc1ccccc1C(F)(F)F. The van der Waals surface area contributed by atoms with Crippen molar-refractivity contribution in [2.75, 3.05) is 13.2 Å². The van der Waals surface area contributed by atoms with Crippen LogP contribution in [0.2, 0.25) is 0 Å². The minimum absolute atomic E-state index is 0.0457. The monoisotopic (exact) mass is 339 g/mol. The Kier molecular flexibility index (Phi) is 6.00. The average Bonchev–Trinajstić information content (AvgIpc) is 2.36. The van der Waals surface area contributed by atoms with Gasteiger partial charge in [-0.2, -0.15) is 13.2 Å². The van der Waals surface area contributed by atoms with Gasteiger partial charge in [0.05, 0.1) is 11.3 Å². The highest BCUT2D eigenvalue weighted by atomic mass is 32.2. The smallest absolute Gasteiger partial charge is 0.396 e. The number of hydrogen-bond acceptors (Lipinski definition) is 3. The second kappa shape index (κ2) is 6.97. The molecule has 0 unspecified atom stereocenters. The maximum absolute atomic E-state index is 12.9. The molecule has 0 aliphatic heterocycles. The van der Waals surface area contributed by atoms with E-state index in [2.05, 4.69) is 4.72 Å². The van der Waals surface area contributed by atoms with Crippen molar-refractivity contribution >= 4 is 10.0 Å². The molecule has 22 heavy (non-hydrogen) atoms. The maximum atomic E-state index is 12.9. The van der Waals surface area contributed by atoms with Crippen molar-refractivity contribution < 1.29 is 26.7 Å². The van der Waals surface area contributed by atoms with Crippen LogP contribution in [0.1, 0.15) is 31.4 Å². The highest BCUT2D eigenvalue weighted by Crippen LogP contribution is 2.32. The third kappa shape index (κ3) is 5.94. The van der Waals surface area contributed by atoms with Crippen molar-refractivity contribution in [1.29, 1.82) is 0 Å². The first-order valence-electron chi connectivity index (χ1n) is 6.70. The van der Waals surface area contributed by atoms with Gasteiger partial charge in [-0.15, -0.1) is 0 Å². The molecule has 4 nitrogen and oxygen atoms in total. The summed E-state index contributed by atoms with van der Waals surface area (Å²) in [5, 5.41) is 8.89. The minimum Gasteiger partial charge on any atom is -0.396 e. The summed E-state index contributed by atoms with van der Waals surface area (Å²) in [7, 11) is -3.90. The highest BCUT2D eigenvalue weighted by molar-refractivity contribution is 7.88. The Labute approximate surface area is 128 Å². The Balaban J connectivity index is 2.86. The second-order valence-corrected chi connectivity index (χ2v) is 7.68. The summed E-state index contributed by atoms with van der Waals surface area (Å²) in [6.45, 7) is 3.47. The first-order chi connectivity index (χ1) is 9.97. The van der Waals surface area contributed by atoms with Crippen molar-refractivity contribution in [3.8, 4) is 0 Å². The lowest BCUT2D eigenvalue weighted by atomic mass is 9.90. The first-order valence-corrected chi connectivity index (χ1v) is 8.35. The van der Waals surface area contributed by atoms with Crippen molar-refractivity contribution in [1.82, 2.24) is 4.72 Å². The number of benzene rings is 1. The van der Waals surface area contributed by atoms with Crippen molar-refractivity contribution in [2.45, 2.75) is 32.2 Å². The van der Waals surface area contributed by atoms with E-state index in [1.54, 1.807) is 13.8 Å². The number of aliphatic hydroxyl groups excluding tert-OH is 1. The van der Waals surface area contributed by atoms with E-state index < -0.39 is 32.9 Å². The molecule has 1 aromatic rings. The van der Waals surface area contributed by atoms with Gasteiger partial charge in [0.25, 0.3) is 0 Å². The predicted molar refractivity (Wildman–Crippen MR) is 77.6 cm³/mol. The van der Waals surface area contributed by atoms with Gasteiger partial charge in [0.15, 0.2) is 0 Å². The van der Waals surface area contributed by atoms with Crippen LogP contribution in [0.3, 0.4) is 0 Å². The average molecular weight is 339 g/mol. The van der Waals surface area contributed by atoms with Crippen molar-refractivity contribution in [3.05, 3.63) is 35.4 Å². The fraction of sp³-hybridized carbons (Fsp3) is 0.571. The molecular formula is C14H20F3NO3S. The molecular weight excluding hydrogens is 319 g/mol. The maximum Gasteiger partial charge on any atom is 0.416 e. The molecule has 0 aliphatic carbocycles. The van der Waals surface area contributed by atoms with Crippen LogP contribution in [0.4, 0.5) is 13.2 Å². The lowest BCUT2D eigenvalue weighted by Gasteiger charge is -2.24. The molecule has 1 rings (SSSR count). The molecule has 0 spiro atoms. The van der Waals surface area contributed by atoms with Gasteiger partial charge in [0.1, 0.15) is 0 Å². The van der Waals surface area contributed by atoms with Crippen LogP contribution in [0.15, 0.2) is 24.3 Å². The van der Waals surface area contributed by atoms with Gasteiger partial charge in [0, 0.05) is 13.2 Å². The van der Waals surface area contributed by atoms with Crippen LogP contribution in [0.25, 0.3) is 0 Å². The largest absolute Gasteiger partial charge is 0.416 e. The van der Waals surface area contributed by atoms with E-state index in [0.717, 1.165) is 12.1 Å². The normalized spacial score (nSPS) is 13.4. The Morgan fingerprint density at radius 1 is 1.18 bits per heavy atom. The number of sulfonamides is 1. The molecule has 8 heteroatoms. The molecule has 0 radical (unpaired) electrons. The number of alkyl halides is 3. The molecule has 0 saturated carbocycles. The number of aliphatic hydroxyl groups is 1. The van der Waals surface area contributed by atoms with Gasteiger partial charge >= 0.3 is 6.18 Å². The number of hydrogen-bond donors (Lipinski definition) is 2. The summed E-state index contributed by atoms with van der Waals surface area (Å²) in [5.74, 6) is -0.738. The zero-order chi connectivity index (χ0) is 17.0. The van der Waals surface area contributed by atoms with Crippen LogP contribution < -0.4 is 4.72 Å². The molecule has 0 saturated heterocycles. The zero-order valence-electron chi connectivity index (χ0n) is 12.4. The summed E-state index contributed by atoms with van der Waals surface area (Å²) in [6.07, 6.45) is -4.21. The van der Waals surface area contributed by atoms with Gasteiger partial charge in [-0.25, -0.2) is 13.1 Å². The minimum atomic E-state index is -4.59. The van der Waals surface area contributed by atoms with Crippen LogP contribution in [0.5, 0.6) is 0 Å². The van der Waals surface area contributed by atoms with E-state index in [1.165, 1.54) is 12.1 Å². The van der Waals surface area contributed by atoms with Gasteiger partial charge in [-0.1, -0.05) is 32.0 Å². The second-order valence-electron chi connectivity index (χ2n) is 5.87. The molecule has 0 heterocycles. The van der Waals surface area contributed by atoms with Gasteiger partial charge in [0.2, 0.25) is 10.0 Å². The number of nitrogens with one attached hydrogen (secondary N) is 1. The Bertz CT molecular complexity index is 598. The van der Waals surface area contributed by atoms with E-state index in [4.69, 9.17) is 5.11 Å². The molecule has 0 aliphatic rings. The fourth-order valence-corrected chi connectivity index (χ4v) is 3.25. The summed E-state index contributed by atoms with van der Waals surface area (Å²) in [4.78, 5) is 0. The lowest BCUT2D eigenvalue weighted by Crippen LogP contribution is -2.35. The third-order valence-electron chi connectivity index (χ3n) is 3.23. The van der Waals surface area contributed by atoms with E-state index in [0.29, 0.717) is 6.42 Å². The quantitative estimate of drug-likeness (QED) is 0.802. The molecule has 2 N–H and O–H groups in total. The molecule has 0 fully saturated rings. The van der Waals surface area contributed by atoms with Gasteiger partial charge in [-0.3, -0.25) is 0 Å². The Morgan fingerprint density at radius 3 is 2.32 bits per heavy atom. The molecule has 0 amide bonds. The van der Waals surface area contributed by atoms with Gasteiger partial charge < -0.3 is 5.11 Å². The van der Waals surface area contributed by atoms with E-state index in [9.17, 15) is 21.6 Å². The van der Waals surface area contributed by atoms with E-state index in [-0.39, 0.29) is 18.7 Å². The number of halogens is 3. The van der Waals surface area contributed by atoms with E-state index >= 15 is 0 Å². The van der Waals surface area contributed by atoms with E-state index in [1.807, 2.05) is 0 Å². The Hall–Kier alpha value is -1.12. The van der Waals surface area contributed by atoms with Gasteiger partial charge in [-0.05, 0) is 23.5 Å². The predicted octanol–water partition coefficient (Wildman–Crippen LogP) is 2.53. The zero-order valence-corrected chi connectivity index (χ0v) is 13.3. The topological polar surface area (TPSA) is 66.4 Å². The molecule has 0 atom stereocenters. The van der Waals surface area contributed by atoms with Crippen LogP contribution >= 0.6 is 0 Å². The fourth-order valence-electron chi connectivity index (χ4n) is 1.87. The third-order valence-corrected chi connectivity index (χ3v) is 4.50. The summed E-state index contributed by atoms with van der Waals surface area (Å²) in [6, 6.07) is 4.61. The molecule has 1 aromatic carbocycles. The van der Waals surface area contributed by atoms with Crippen LogP contribution in [-0.2, 0) is 22.0 Å². The number of rotatable bonds is 7. The Morgan fingerprint density at radius 2 is 1.77 bits per heavy atom. The lowest BCUT2D eigenvalue weighted by molar-refractivity contribution is -0.138. The highest BCUT2D eigenvalue weighted by Gasteiger charge is 2.34. The summed E-state index contributed by atoms with van der Waals surface area (Å²) < 4.78 is 64.9.